The molecule has 1 aromatic rings. The molecule has 19 heavy (non-hydrogen) atoms. The number of nitrogen functional groups attached to an aromatic ring is 1. The van der Waals surface area contributed by atoms with E-state index in [0.717, 1.165) is 18.5 Å². The van der Waals surface area contributed by atoms with Crippen molar-refractivity contribution in [3.8, 4) is 6.07 Å². The Morgan fingerprint density at radius 3 is 2.89 bits per heavy atom. The van der Waals surface area contributed by atoms with E-state index >= 15 is 0 Å². The summed E-state index contributed by atoms with van der Waals surface area (Å²) in [5.74, 6) is 0.0299. The average Bonchev–Trinajstić information content (AvgIpc) is 2.39. The molecular formula is C15H19N3O. The fourth-order valence-corrected chi connectivity index (χ4v) is 2.22. The van der Waals surface area contributed by atoms with Crippen LogP contribution in [-0.4, -0.2) is 23.9 Å². The Kier molecular flexibility index (Phi) is 3.48. The molecule has 2 N–H and O–H groups in total. The van der Waals surface area contributed by atoms with Gasteiger partial charge in [0.15, 0.2) is 0 Å². The third-order valence-corrected chi connectivity index (χ3v) is 3.61. The predicted octanol–water partition coefficient (Wildman–Crippen LogP) is 2.21. The second-order valence-electron chi connectivity index (χ2n) is 5.70. The van der Waals surface area contributed by atoms with Crippen LogP contribution >= 0.6 is 0 Å². The number of carbonyl (C=O) groups excluding carboxylic acids is 1. The molecule has 0 aromatic heterocycles. The lowest BCUT2D eigenvalue weighted by molar-refractivity contribution is 0.0726. The molecule has 0 saturated carbocycles. The summed E-state index contributed by atoms with van der Waals surface area (Å²) >= 11 is 0. The summed E-state index contributed by atoms with van der Waals surface area (Å²) in [6, 6.07) is 7.78. The SMILES string of the molecule is CC(C)(C#N)CCN1CCc2ccc(N)cc2C1=O. The molecular weight excluding hydrogens is 238 g/mol. The first kappa shape index (κ1) is 13.4. The number of nitrogens with two attached hydrogens (primary N) is 1. The lowest BCUT2D eigenvalue weighted by atomic mass is 9.90. The summed E-state index contributed by atoms with van der Waals surface area (Å²) in [5.41, 5.74) is 7.74. The van der Waals surface area contributed by atoms with Gasteiger partial charge in [0.25, 0.3) is 5.91 Å². The molecule has 100 valence electrons. The summed E-state index contributed by atoms with van der Waals surface area (Å²) in [5, 5.41) is 9.01. The summed E-state index contributed by atoms with van der Waals surface area (Å²) < 4.78 is 0. The first-order valence-electron chi connectivity index (χ1n) is 6.52. The van der Waals surface area contributed by atoms with E-state index in [4.69, 9.17) is 11.0 Å². The van der Waals surface area contributed by atoms with E-state index in [1.165, 1.54) is 0 Å². The first-order valence-corrected chi connectivity index (χ1v) is 6.52. The molecule has 1 heterocycles. The third-order valence-electron chi connectivity index (χ3n) is 3.61. The monoisotopic (exact) mass is 257 g/mol. The van der Waals surface area contributed by atoms with E-state index in [9.17, 15) is 4.79 Å². The fourth-order valence-electron chi connectivity index (χ4n) is 2.22. The maximum absolute atomic E-state index is 12.4. The van der Waals surface area contributed by atoms with Crippen molar-refractivity contribution in [1.82, 2.24) is 4.90 Å². The number of fused-ring (bicyclic) bond motifs is 1. The van der Waals surface area contributed by atoms with Gasteiger partial charge >= 0.3 is 0 Å². The van der Waals surface area contributed by atoms with Gasteiger partial charge in [0.2, 0.25) is 0 Å². The van der Waals surface area contributed by atoms with Gasteiger partial charge in [-0.1, -0.05) is 6.07 Å². The Morgan fingerprint density at radius 1 is 1.47 bits per heavy atom. The van der Waals surface area contributed by atoms with Crippen molar-refractivity contribution in [1.29, 1.82) is 5.26 Å². The maximum Gasteiger partial charge on any atom is 0.254 e. The normalized spacial score (nSPS) is 15.0. The molecule has 4 nitrogen and oxygen atoms in total. The molecule has 0 unspecified atom stereocenters. The van der Waals surface area contributed by atoms with Crippen LogP contribution in [0.2, 0.25) is 0 Å². The Morgan fingerprint density at radius 2 is 2.21 bits per heavy atom. The quantitative estimate of drug-likeness (QED) is 0.844. The van der Waals surface area contributed by atoms with Crippen LogP contribution in [0.3, 0.4) is 0 Å². The number of hydrogen-bond acceptors (Lipinski definition) is 3. The van der Waals surface area contributed by atoms with Gasteiger partial charge in [0.05, 0.1) is 11.5 Å². The fraction of sp³-hybridized carbons (Fsp3) is 0.467. The molecule has 4 heteroatoms. The molecule has 0 atom stereocenters. The van der Waals surface area contributed by atoms with Crippen LogP contribution in [-0.2, 0) is 6.42 Å². The number of carbonyl (C=O) groups is 1. The number of amides is 1. The van der Waals surface area contributed by atoms with E-state index < -0.39 is 5.41 Å². The predicted molar refractivity (Wildman–Crippen MR) is 74.5 cm³/mol. The molecule has 1 aliphatic heterocycles. The van der Waals surface area contributed by atoms with Gasteiger partial charge in [0, 0.05) is 24.3 Å². The molecule has 0 aliphatic carbocycles. The van der Waals surface area contributed by atoms with Crippen LogP contribution in [0.15, 0.2) is 18.2 Å². The zero-order valence-corrected chi connectivity index (χ0v) is 11.4. The number of rotatable bonds is 3. The Balaban J connectivity index is 2.12. The van der Waals surface area contributed by atoms with Crippen molar-refractivity contribution >= 4 is 11.6 Å². The lowest BCUT2D eigenvalue weighted by Crippen LogP contribution is -2.39. The number of nitriles is 1. The molecule has 0 saturated heterocycles. The summed E-state index contributed by atoms with van der Waals surface area (Å²) in [7, 11) is 0. The van der Waals surface area contributed by atoms with Crippen molar-refractivity contribution in [3.63, 3.8) is 0 Å². The number of benzene rings is 1. The molecule has 1 aliphatic rings. The van der Waals surface area contributed by atoms with Gasteiger partial charge < -0.3 is 10.6 Å². The average molecular weight is 257 g/mol. The molecule has 0 radical (unpaired) electrons. The van der Waals surface area contributed by atoms with E-state index in [-0.39, 0.29) is 5.91 Å². The van der Waals surface area contributed by atoms with Gasteiger partial charge in [0.1, 0.15) is 0 Å². The van der Waals surface area contributed by atoms with Crippen molar-refractivity contribution in [2.75, 3.05) is 18.8 Å². The maximum atomic E-state index is 12.4. The summed E-state index contributed by atoms with van der Waals surface area (Å²) in [6.45, 7) is 5.13. The molecule has 2 rings (SSSR count). The van der Waals surface area contributed by atoms with Crippen molar-refractivity contribution in [2.45, 2.75) is 26.7 Å². The standard InChI is InChI=1S/C15H19N3O/c1-15(2,10-16)6-8-18-7-5-11-3-4-12(17)9-13(11)14(18)19/h3-4,9H,5-8,17H2,1-2H3. The zero-order valence-electron chi connectivity index (χ0n) is 11.4. The van der Waals surface area contributed by atoms with Gasteiger partial charge in [-0.3, -0.25) is 4.79 Å². The lowest BCUT2D eigenvalue weighted by Gasteiger charge is -2.30. The molecule has 0 spiro atoms. The van der Waals surface area contributed by atoms with Gasteiger partial charge in [-0.15, -0.1) is 0 Å². The summed E-state index contributed by atoms with van der Waals surface area (Å²) in [6.07, 6.45) is 1.54. The highest BCUT2D eigenvalue weighted by atomic mass is 16.2. The van der Waals surface area contributed by atoms with E-state index in [0.29, 0.717) is 24.2 Å². The minimum Gasteiger partial charge on any atom is -0.399 e. The van der Waals surface area contributed by atoms with Gasteiger partial charge in [-0.25, -0.2) is 0 Å². The van der Waals surface area contributed by atoms with E-state index in [1.54, 1.807) is 6.07 Å². The van der Waals surface area contributed by atoms with Crippen LogP contribution in [0.25, 0.3) is 0 Å². The van der Waals surface area contributed by atoms with E-state index in [2.05, 4.69) is 6.07 Å². The van der Waals surface area contributed by atoms with Crippen LogP contribution in [0.4, 0.5) is 5.69 Å². The van der Waals surface area contributed by atoms with E-state index in [1.807, 2.05) is 30.9 Å². The van der Waals surface area contributed by atoms with Crippen LogP contribution in [0.1, 0.15) is 36.2 Å². The largest absolute Gasteiger partial charge is 0.399 e. The molecule has 0 bridgehead atoms. The second-order valence-corrected chi connectivity index (χ2v) is 5.70. The van der Waals surface area contributed by atoms with Crippen LogP contribution in [0.5, 0.6) is 0 Å². The van der Waals surface area contributed by atoms with Gasteiger partial charge in [-0.2, -0.15) is 5.26 Å². The number of nitrogens with zero attached hydrogens (tertiary/aromatic N) is 2. The molecule has 1 amide bonds. The minimum atomic E-state index is -0.393. The van der Waals surface area contributed by atoms with Crippen LogP contribution in [0, 0.1) is 16.7 Å². The summed E-state index contributed by atoms with van der Waals surface area (Å²) in [4.78, 5) is 14.2. The minimum absolute atomic E-state index is 0.0299. The Labute approximate surface area is 113 Å². The number of hydrogen-bond donors (Lipinski definition) is 1. The Bertz CT molecular complexity index is 543. The van der Waals surface area contributed by atoms with Crippen molar-refractivity contribution in [3.05, 3.63) is 29.3 Å². The smallest absolute Gasteiger partial charge is 0.254 e. The second kappa shape index (κ2) is 4.93. The van der Waals surface area contributed by atoms with Gasteiger partial charge in [-0.05, 0) is 44.4 Å². The zero-order chi connectivity index (χ0) is 14.0. The number of anilines is 1. The van der Waals surface area contributed by atoms with Crippen molar-refractivity contribution in [2.24, 2.45) is 5.41 Å². The highest BCUT2D eigenvalue weighted by Crippen LogP contribution is 2.24. The topological polar surface area (TPSA) is 70.1 Å². The molecule has 0 fully saturated rings. The molecule has 1 aromatic carbocycles. The van der Waals surface area contributed by atoms with Crippen molar-refractivity contribution < 1.29 is 4.79 Å². The van der Waals surface area contributed by atoms with Crippen LogP contribution < -0.4 is 5.73 Å². The highest BCUT2D eigenvalue weighted by Gasteiger charge is 2.26. The Hall–Kier alpha value is -2.02. The first-order chi connectivity index (χ1) is 8.93. The highest BCUT2D eigenvalue weighted by molar-refractivity contribution is 5.97. The third kappa shape index (κ3) is 2.87.